The molecule has 1 aliphatic rings. The molecular formula is C33H31ClN6O3. The van der Waals surface area contributed by atoms with Gasteiger partial charge in [0.2, 0.25) is 0 Å². The molecule has 0 atom stereocenters. The van der Waals surface area contributed by atoms with Gasteiger partial charge in [-0.25, -0.2) is 0 Å². The Bertz CT molecular complexity index is 1830. The fourth-order valence-electron chi connectivity index (χ4n) is 5.31. The van der Waals surface area contributed by atoms with Crippen LogP contribution in [0.1, 0.15) is 57.3 Å². The van der Waals surface area contributed by atoms with Crippen molar-refractivity contribution in [1.82, 2.24) is 19.7 Å². The van der Waals surface area contributed by atoms with E-state index in [4.69, 9.17) is 11.6 Å². The first-order valence-electron chi connectivity index (χ1n) is 14.3. The molecule has 43 heavy (non-hydrogen) atoms. The molecule has 0 bridgehead atoms. The first-order chi connectivity index (χ1) is 20.9. The Labute approximate surface area is 253 Å². The number of rotatable bonds is 9. The Kier molecular flexibility index (Phi) is 8.09. The molecule has 1 saturated heterocycles. The summed E-state index contributed by atoms with van der Waals surface area (Å²) in [6.07, 6.45) is 5.76. The number of amides is 1. The third-order valence-electron chi connectivity index (χ3n) is 7.60. The van der Waals surface area contributed by atoms with Gasteiger partial charge in [0, 0.05) is 53.2 Å². The first-order valence-corrected chi connectivity index (χ1v) is 14.6. The van der Waals surface area contributed by atoms with Crippen LogP contribution in [-0.4, -0.2) is 55.8 Å². The van der Waals surface area contributed by atoms with Gasteiger partial charge in [-0.05, 0) is 68.8 Å². The molecule has 0 aliphatic carbocycles. The van der Waals surface area contributed by atoms with E-state index in [0.717, 1.165) is 30.7 Å². The van der Waals surface area contributed by atoms with Crippen LogP contribution < -0.4 is 5.32 Å². The summed E-state index contributed by atoms with van der Waals surface area (Å²) in [5.41, 5.74) is 4.59. The average Bonchev–Trinajstić information content (AvgIpc) is 3.74. The molecule has 1 fully saturated rings. The van der Waals surface area contributed by atoms with Gasteiger partial charge < -0.3 is 15.4 Å². The van der Waals surface area contributed by atoms with Gasteiger partial charge in [0.05, 0.1) is 16.3 Å². The quantitative estimate of drug-likeness (QED) is 0.132. The molecule has 9 nitrogen and oxygen atoms in total. The van der Waals surface area contributed by atoms with Gasteiger partial charge in [0.1, 0.15) is 0 Å². The van der Waals surface area contributed by atoms with Gasteiger partial charge in [0.15, 0.2) is 17.4 Å². The molecule has 1 amide bonds. The molecule has 218 valence electrons. The van der Waals surface area contributed by atoms with Gasteiger partial charge >= 0.3 is 0 Å². The van der Waals surface area contributed by atoms with E-state index in [2.05, 4.69) is 37.4 Å². The summed E-state index contributed by atoms with van der Waals surface area (Å²) in [4.78, 5) is 36.1. The SMILES string of the molecule is CCn1cc(Cl)c(C(=O)Nc2cccc(C(=O)c3ccc4c(C=Nc5ccc(CN6CCCC6)cc5)c(O)[nH]c4c3)c2)n1. The topological polar surface area (TPSA) is 116 Å². The van der Waals surface area contributed by atoms with Crippen molar-refractivity contribution in [3.63, 3.8) is 0 Å². The van der Waals surface area contributed by atoms with E-state index in [1.807, 2.05) is 19.1 Å². The van der Waals surface area contributed by atoms with Crippen LogP contribution in [0.3, 0.4) is 0 Å². The molecule has 3 aromatic carbocycles. The lowest BCUT2D eigenvalue weighted by Crippen LogP contribution is -2.18. The lowest BCUT2D eigenvalue weighted by molar-refractivity contribution is 0.101. The number of carbonyl (C=O) groups excluding carboxylic acids is 2. The molecule has 0 unspecified atom stereocenters. The first kappa shape index (κ1) is 28.4. The summed E-state index contributed by atoms with van der Waals surface area (Å²) in [6, 6.07) is 20.0. The molecule has 3 N–H and O–H groups in total. The molecule has 5 aromatic rings. The van der Waals surface area contributed by atoms with Gasteiger partial charge in [0.25, 0.3) is 5.91 Å². The highest BCUT2D eigenvalue weighted by Gasteiger charge is 2.18. The summed E-state index contributed by atoms with van der Waals surface area (Å²) in [5, 5.41) is 18.6. The van der Waals surface area contributed by atoms with Crippen LogP contribution in [0.25, 0.3) is 10.9 Å². The van der Waals surface area contributed by atoms with Crippen LogP contribution in [-0.2, 0) is 13.1 Å². The van der Waals surface area contributed by atoms with E-state index in [1.165, 1.54) is 18.4 Å². The molecule has 6 rings (SSSR count). The van der Waals surface area contributed by atoms with Crippen LogP contribution in [0.15, 0.2) is 77.9 Å². The molecule has 1 aliphatic heterocycles. The molecular weight excluding hydrogens is 564 g/mol. The second-order valence-electron chi connectivity index (χ2n) is 10.6. The van der Waals surface area contributed by atoms with Gasteiger partial charge in [-0.1, -0.05) is 48.0 Å². The highest BCUT2D eigenvalue weighted by molar-refractivity contribution is 6.34. The van der Waals surface area contributed by atoms with Gasteiger partial charge in [-0.3, -0.25) is 24.2 Å². The number of halogens is 1. The number of nitrogens with one attached hydrogen (secondary N) is 2. The number of anilines is 1. The van der Waals surface area contributed by atoms with Gasteiger partial charge in [-0.2, -0.15) is 5.10 Å². The van der Waals surface area contributed by atoms with Crippen molar-refractivity contribution in [2.24, 2.45) is 4.99 Å². The predicted octanol–water partition coefficient (Wildman–Crippen LogP) is 6.57. The van der Waals surface area contributed by atoms with Crippen molar-refractivity contribution in [2.75, 3.05) is 18.4 Å². The number of aromatic amines is 1. The summed E-state index contributed by atoms with van der Waals surface area (Å²) in [5.74, 6) is -0.718. The minimum Gasteiger partial charge on any atom is -0.494 e. The number of aromatic hydroxyl groups is 1. The number of likely N-dealkylation sites (tertiary alicyclic amines) is 1. The fraction of sp³-hybridized carbons (Fsp3) is 0.212. The summed E-state index contributed by atoms with van der Waals surface area (Å²) in [7, 11) is 0. The number of aliphatic imine (C=N–C) groups is 1. The number of hydrogen-bond acceptors (Lipinski definition) is 6. The summed E-state index contributed by atoms with van der Waals surface area (Å²) < 4.78 is 1.58. The highest BCUT2D eigenvalue weighted by atomic mass is 35.5. The second kappa shape index (κ2) is 12.2. The number of fused-ring (bicyclic) bond motifs is 1. The van der Waals surface area contributed by atoms with Crippen molar-refractivity contribution >= 4 is 51.8 Å². The maximum Gasteiger partial charge on any atom is 0.277 e. The van der Waals surface area contributed by atoms with E-state index < -0.39 is 5.91 Å². The van der Waals surface area contributed by atoms with Crippen LogP contribution in [0, 0.1) is 0 Å². The van der Waals surface area contributed by atoms with Crippen molar-refractivity contribution in [2.45, 2.75) is 32.9 Å². The molecule has 0 spiro atoms. The maximum absolute atomic E-state index is 13.4. The van der Waals surface area contributed by atoms with E-state index in [0.29, 0.717) is 34.4 Å². The second-order valence-corrected chi connectivity index (χ2v) is 11.0. The Balaban J connectivity index is 1.16. The largest absolute Gasteiger partial charge is 0.494 e. The number of nitrogens with zero attached hydrogens (tertiary/aromatic N) is 4. The Morgan fingerprint density at radius 2 is 1.84 bits per heavy atom. The number of H-pyrrole nitrogens is 1. The molecule has 0 radical (unpaired) electrons. The zero-order valence-corrected chi connectivity index (χ0v) is 24.4. The van der Waals surface area contributed by atoms with Crippen LogP contribution >= 0.6 is 11.6 Å². The van der Waals surface area contributed by atoms with Crippen molar-refractivity contribution in [3.8, 4) is 5.88 Å². The smallest absolute Gasteiger partial charge is 0.277 e. The Hall–Kier alpha value is -4.73. The number of benzene rings is 3. The third-order valence-corrected chi connectivity index (χ3v) is 7.88. The monoisotopic (exact) mass is 594 g/mol. The van der Waals surface area contributed by atoms with Crippen molar-refractivity contribution < 1.29 is 14.7 Å². The zero-order valence-electron chi connectivity index (χ0n) is 23.7. The highest BCUT2D eigenvalue weighted by Crippen LogP contribution is 2.28. The van der Waals surface area contributed by atoms with Crippen LogP contribution in [0.4, 0.5) is 11.4 Å². The van der Waals surface area contributed by atoms with E-state index in [-0.39, 0.29) is 22.4 Å². The average molecular weight is 595 g/mol. The third kappa shape index (κ3) is 6.23. The molecule has 3 heterocycles. The van der Waals surface area contributed by atoms with E-state index >= 15 is 0 Å². The van der Waals surface area contributed by atoms with E-state index in [1.54, 1.807) is 59.6 Å². The number of hydrogen-bond donors (Lipinski definition) is 3. The molecule has 2 aromatic heterocycles. The molecule has 10 heteroatoms. The minimum atomic E-state index is -0.461. The molecule has 0 saturated carbocycles. The maximum atomic E-state index is 13.4. The Morgan fingerprint density at radius 3 is 2.58 bits per heavy atom. The van der Waals surface area contributed by atoms with Crippen LogP contribution in [0.2, 0.25) is 5.02 Å². The van der Waals surface area contributed by atoms with Gasteiger partial charge in [-0.15, -0.1) is 0 Å². The number of aromatic nitrogens is 3. The Morgan fingerprint density at radius 1 is 1.07 bits per heavy atom. The van der Waals surface area contributed by atoms with Crippen LogP contribution in [0.5, 0.6) is 5.88 Å². The lowest BCUT2D eigenvalue weighted by Gasteiger charge is -2.14. The zero-order chi connectivity index (χ0) is 29.9. The van der Waals surface area contributed by atoms with Crippen molar-refractivity contribution in [3.05, 3.63) is 106 Å². The minimum absolute atomic E-state index is 0.0251. The number of aryl methyl sites for hydroxylation is 1. The summed E-state index contributed by atoms with van der Waals surface area (Å²) >= 11 is 6.16. The predicted molar refractivity (Wildman–Crippen MR) is 169 cm³/mol. The normalized spacial score (nSPS) is 13.7. The standard InChI is InChI=1S/C33H31ClN6O3/c1-2-40-20-28(34)30(38-40)33(43)36-25-7-5-6-22(16-25)31(41)23-10-13-26-27(32(42)37-29(26)17-23)18-35-24-11-8-21(9-12-24)19-39-14-3-4-15-39/h5-13,16-18,20,37,42H,2-4,14-15,19H2,1H3,(H,36,43). The summed E-state index contributed by atoms with van der Waals surface area (Å²) in [6.45, 7) is 5.74. The number of carbonyl (C=O) groups is 2. The fourth-order valence-corrected chi connectivity index (χ4v) is 5.55. The number of ketones is 1. The van der Waals surface area contributed by atoms with E-state index in [9.17, 15) is 14.7 Å². The lowest BCUT2D eigenvalue weighted by atomic mass is 10.0. The van der Waals surface area contributed by atoms with Crippen molar-refractivity contribution in [1.29, 1.82) is 0 Å².